The molecule has 0 saturated carbocycles. The standard InChI is InChI=1S/C20H26N2O6/c1-12(2)18(13-6-4-3-5-7-13)27-11-14-9-22(20(26)21-19(14)25)17-8-15(24)16(10-23)28-17/h3-7,9,12,15-18,23-24H,8,10-11H2,1-2H3,(H,21,25,26)/t15?,16-,17-,18?/m0/s1. The second-order valence-corrected chi connectivity index (χ2v) is 7.32. The van der Waals surface area contributed by atoms with Crippen molar-refractivity contribution in [2.75, 3.05) is 6.61 Å². The smallest absolute Gasteiger partial charge is 0.330 e. The molecule has 0 aliphatic carbocycles. The molecule has 1 saturated heterocycles. The number of aromatic amines is 1. The van der Waals surface area contributed by atoms with E-state index in [2.05, 4.69) is 4.98 Å². The van der Waals surface area contributed by atoms with Crippen molar-refractivity contribution in [3.05, 3.63) is 68.5 Å². The third kappa shape index (κ3) is 4.41. The molecule has 1 fully saturated rings. The zero-order valence-corrected chi connectivity index (χ0v) is 15.9. The van der Waals surface area contributed by atoms with Crippen LogP contribution in [0.3, 0.4) is 0 Å². The Morgan fingerprint density at radius 3 is 2.61 bits per heavy atom. The molecule has 0 amide bonds. The Morgan fingerprint density at radius 1 is 1.29 bits per heavy atom. The van der Waals surface area contributed by atoms with E-state index in [1.807, 2.05) is 44.2 Å². The maximum absolute atomic E-state index is 12.2. The largest absolute Gasteiger partial charge is 0.394 e. The minimum atomic E-state index is -0.878. The Morgan fingerprint density at radius 2 is 2.00 bits per heavy atom. The van der Waals surface area contributed by atoms with Gasteiger partial charge in [-0.15, -0.1) is 0 Å². The minimum Gasteiger partial charge on any atom is -0.394 e. The van der Waals surface area contributed by atoms with Crippen LogP contribution in [0.5, 0.6) is 0 Å². The van der Waals surface area contributed by atoms with Gasteiger partial charge in [-0.25, -0.2) is 4.79 Å². The first-order chi connectivity index (χ1) is 13.4. The number of aromatic nitrogens is 2. The number of ether oxygens (including phenoxy) is 2. The lowest BCUT2D eigenvalue weighted by Crippen LogP contribution is -2.34. The average molecular weight is 390 g/mol. The lowest BCUT2D eigenvalue weighted by Gasteiger charge is -2.22. The Hall–Kier alpha value is -2.26. The average Bonchev–Trinajstić information content (AvgIpc) is 3.04. The summed E-state index contributed by atoms with van der Waals surface area (Å²) >= 11 is 0. The van der Waals surface area contributed by atoms with Gasteiger partial charge >= 0.3 is 5.69 Å². The minimum absolute atomic E-state index is 0.0199. The Balaban J connectivity index is 1.81. The molecule has 152 valence electrons. The van der Waals surface area contributed by atoms with E-state index in [9.17, 15) is 19.8 Å². The molecule has 8 nitrogen and oxygen atoms in total. The molecule has 1 aliphatic rings. The van der Waals surface area contributed by atoms with Crippen molar-refractivity contribution in [1.82, 2.24) is 9.55 Å². The lowest BCUT2D eigenvalue weighted by molar-refractivity contribution is -0.0463. The van der Waals surface area contributed by atoms with Crippen LogP contribution in [0.15, 0.2) is 46.1 Å². The summed E-state index contributed by atoms with van der Waals surface area (Å²) < 4.78 is 12.8. The van der Waals surface area contributed by atoms with Crippen LogP contribution in [0.2, 0.25) is 0 Å². The molecule has 0 bridgehead atoms. The molecule has 8 heteroatoms. The molecule has 2 heterocycles. The number of H-pyrrole nitrogens is 1. The summed E-state index contributed by atoms with van der Waals surface area (Å²) in [7, 11) is 0. The van der Waals surface area contributed by atoms with Crippen LogP contribution < -0.4 is 11.2 Å². The summed E-state index contributed by atoms with van der Waals surface area (Å²) in [6.07, 6.45) is -1.05. The molecule has 1 aromatic carbocycles. The number of rotatable bonds is 7. The maximum Gasteiger partial charge on any atom is 0.330 e. The maximum atomic E-state index is 12.2. The van der Waals surface area contributed by atoms with E-state index in [4.69, 9.17) is 9.47 Å². The predicted molar refractivity (Wildman–Crippen MR) is 102 cm³/mol. The first-order valence-electron chi connectivity index (χ1n) is 9.36. The van der Waals surface area contributed by atoms with Crippen LogP contribution in [0, 0.1) is 5.92 Å². The van der Waals surface area contributed by atoms with Gasteiger partial charge in [-0.2, -0.15) is 0 Å². The summed E-state index contributed by atoms with van der Waals surface area (Å²) in [6.45, 7) is 3.74. The molecule has 2 aromatic rings. The van der Waals surface area contributed by atoms with Gasteiger partial charge in [0.05, 0.1) is 31.0 Å². The van der Waals surface area contributed by atoms with E-state index in [0.29, 0.717) is 0 Å². The first-order valence-corrected chi connectivity index (χ1v) is 9.36. The van der Waals surface area contributed by atoms with Crippen molar-refractivity contribution < 1.29 is 19.7 Å². The van der Waals surface area contributed by atoms with Crippen molar-refractivity contribution in [3.63, 3.8) is 0 Å². The molecule has 0 radical (unpaired) electrons. The van der Waals surface area contributed by atoms with Gasteiger partial charge in [0.1, 0.15) is 12.3 Å². The molecule has 0 spiro atoms. The molecule has 28 heavy (non-hydrogen) atoms. The monoisotopic (exact) mass is 390 g/mol. The molecule has 2 unspecified atom stereocenters. The third-order valence-corrected chi connectivity index (χ3v) is 4.89. The van der Waals surface area contributed by atoms with E-state index in [1.54, 1.807) is 0 Å². The molecule has 3 rings (SSSR count). The Bertz CT molecular complexity index is 892. The number of nitrogens with one attached hydrogen (secondary N) is 1. The summed E-state index contributed by atoms with van der Waals surface area (Å²) in [5, 5.41) is 19.1. The Kier molecular flexibility index (Phi) is 6.46. The van der Waals surface area contributed by atoms with Crippen molar-refractivity contribution in [3.8, 4) is 0 Å². The van der Waals surface area contributed by atoms with Gasteiger partial charge in [0.25, 0.3) is 5.56 Å². The van der Waals surface area contributed by atoms with Crippen LogP contribution in [-0.2, 0) is 16.1 Å². The van der Waals surface area contributed by atoms with Gasteiger partial charge in [0.15, 0.2) is 0 Å². The van der Waals surface area contributed by atoms with Gasteiger partial charge in [0, 0.05) is 12.6 Å². The van der Waals surface area contributed by atoms with Crippen LogP contribution in [0.25, 0.3) is 0 Å². The van der Waals surface area contributed by atoms with Crippen molar-refractivity contribution >= 4 is 0 Å². The number of aliphatic hydroxyl groups is 2. The third-order valence-electron chi connectivity index (χ3n) is 4.89. The predicted octanol–water partition coefficient (Wildman–Crippen LogP) is 1.09. The fraction of sp³-hybridized carbons (Fsp3) is 0.500. The van der Waals surface area contributed by atoms with Gasteiger partial charge in [-0.1, -0.05) is 44.2 Å². The fourth-order valence-corrected chi connectivity index (χ4v) is 3.39. The van der Waals surface area contributed by atoms with Crippen LogP contribution >= 0.6 is 0 Å². The van der Waals surface area contributed by atoms with Crippen molar-refractivity contribution in [2.24, 2.45) is 5.92 Å². The van der Waals surface area contributed by atoms with Crippen LogP contribution in [0.4, 0.5) is 0 Å². The van der Waals surface area contributed by atoms with E-state index >= 15 is 0 Å². The first kappa shape index (κ1) is 20.5. The van der Waals surface area contributed by atoms with E-state index in [1.165, 1.54) is 10.8 Å². The highest BCUT2D eigenvalue weighted by molar-refractivity contribution is 5.18. The molecular weight excluding hydrogens is 364 g/mol. The molecular formula is C20H26N2O6. The number of benzene rings is 1. The SMILES string of the molecule is CC(C)C(OCc1cn([C@@H]2CC(O)[C@H](CO)O2)c(=O)[nH]c1=O)c1ccccc1. The second kappa shape index (κ2) is 8.83. The summed E-state index contributed by atoms with van der Waals surface area (Å²) in [6, 6.07) is 9.73. The molecule has 4 atom stereocenters. The van der Waals surface area contributed by atoms with Crippen LogP contribution in [0.1, 0.15) is 43.7 Å². The fourth-order valence-electron chi connectivity index (χ4n) is 3.39. The van der Waals surface area contributed by atoms with Gasteiger partial charge in [-0.3, -0.25) is 14.3 Å². The van der Waals surface area contributed by atoms with Crippen molar-refractivity contribution in [2.45, 2.75) is 51.4 Å². The number of nitrogens with zero attached hydrogens (tertiary/aromatic N) is 1. The summed E-state index contributed by atoms with van der Waals surface area (Å²) in [5.41, 5.74) is 0.143. The topological polar surface area (TPSA) is 114 Å². The van der Waals surface area contributed by atoms with Crippen LogP contribution in [-0.4, -0.2) is 38.6 Å². The highest BCUT2D eigenvalue weighted by Crippen LogP contribution is 2.28. The number of hydrogen-bond donors (Lipinski definition) is 3. The summed E-state index contributed by atoms with van der Waals surface area (Å²) in [5.74, 6) is 0.186. The quantitative estimate of drug-likeness (QED) is 0.652. The zero-order valence-electron chi connectivity index (χ0n) is 15.9. The molecule has 1 aliphatic heterocycles. The van der Waals surface area contributed by atoms with Gasteiger partial charge in [-0.05, 0) is 11.5 Å². The molecule has 1 aromatic heterocycles. The summed E-state index contributed by atoms with van der Waals surface area (Å²) in [4.78, 5) is 26.7. The normalized spacial score (nSPS) is 23.2. The van der Waals surface area contributed by atoms with Gasteiger partial charge < -0.3 is 19.7 Å². The van der Waals surface area contributed by atoms with E-state index < -0.39 is 29.7 Å². The van der Waals surface area contributed by atoms with Gasteiger partial charge in [0.2, 0.25) is 0 Å². The highest BCUT2D eigenvalue weighted by atomic mass is 16.5. The van der Waals surface area contributed by atoms with E-state index in [-0.39, 0.29) is 37.2 Å². The number of aliphatic hydroxyl groups excluding tert-OH is 2. The molecule has 3 N–H and O–H groups in total. The van der Waals surface area contributed by atoms with E-state index in [0.717, 1.165) is 5.56 Å². The van der Waals surface area contributed by atoms with Crippen molar-refractivity contribution in [1.29, 1.82) is 0 Å². The highest BCUT2D eigenvalue weighted by Gasteiger charge is 2.35. The zero-order chi connectivity index (χ0) is 20.3. The lowest BCUT2D eigenvalue weighted by atomic mass is 9.99. The second-order valence-electron chi connectivity index (χ2n) is 7.32. The Labute approximate surface area is 162 Å². The number of hydrogen-bond acceptors (Lipinski definition) is 6.